The van der Waals surface area contributed by atoms with Gasteiger partial charge in [-0.2, -0.15) is 0 Å². The average molecular weight is 577 g/mol. The second-order valence-electron chi connectivity index (χ2n) is 10.7. The highest BCUT2D eigenvalue weighted by molar-refractivity contribution is 5.42. The predicted octanol–water partition coefficient (Wildman–Crippen LogP) is 7.16. The molecule has 3 aromatic rings. The Bertz CT molecular complexity index is 1180. The number of hydrogen-bond donors (Lipinski definition) is 2. The number of carbonyl (C=O) groups is 1. The first kappa shape index (κ1) is 34.8. The molecule has 0 aromatic heterocycles. The van der Waals surface area contributed by atoms with Crippen LogP contribution in [0.15, 0.2) is 54.6 Å². The van der Waals surface area contributed by atoms with Gasteiger partial charge in [0.1, 0.15) is 11.5 Å². The van der Waals surface area contributed by atoms with Crippen LogP contribution < -0.4 is 20.5 Å². The third-order valence-corrected chi connectivity index (χ3v) is 7.67. The number of methoxy groups -OCH3 is 1. The van der Waals surface area contributed by atoms with Gasteiger partial charge in [-0.3, -0.25) is 4.79 Å². The van der Waals surface area contributed by atoms with Crippen LogP contribution in [0.3, 0.4) is 0 Å². The molecule has 1 aliphatic heterocycles. The number of hydrogen-bond acceptors (Lipinski definition) is 5. The van der Waals surface area contributed by atoms with Crippen LogP contribution in [-0.2, 0) is 22.4 Å². The first-order valence-electron chi connectivity index (χ1n) is 15.2. The molecule has 4 rings (SSSR count). The molecule has 0 saturated carbocycles. The fraction of sp³-hybridized carbons (Fsp3) is 0.472. The van der Waals surface area contributed by atoms with E-state index in [0.29, 0.717) is 25.2 Å². The van der Waals surface area contributed by atoms with E-state index in [2.05, 4.69) is 100 Å². The topological polar surface area (TPSA) is 82.8 Å². The SMILES string of the molecule is CCOc1ccc(C2CNC(c3ccc(OCCCOC)cc3)C2)cc1C.CCc1cc(C)cc(CC)c1C.NC=O. The molecule has 1 saturated heterocycles. The Hall–Kier alpha value is -3.35. The number of nitrogens with one attached hydrogen (secondary N) is 1. The summed E-state index contributed by atoms with van der Waals surface area (Å²) in [5.74, 6) is 2.45. The summed E-state index contributed by atoms with van der Waals surface area (Å²) in [6.07, 6.45) is 4.58. The summed E-state index contributed by atoms with van der Waals surface area (Å²) in [4.78, 5) is 8.58. The molecule has 1 amide bonds. The van der Waals surface area contributed by atoms with Gasteiger partial charge in [-0.15, -0.1) is 0 Å². The first-order valence-corrected chi connectivity index (χ1v) is 15.2. The molecule has 0 bridgehead atoms. The minimum atomic E-state index is 0.250. The van der Waals surface area contributed by atoms with Crippen LogP contribution in [0, 0.1) is 20.8 Å². The molecular formula is C36H52N2O4. The fourth-order valence-corrected chi connectivity index (χ4v) is 5.43. The second-order valence-corrected chi connectivity index (χ2v) is 10.7. The molecule has 42 heavy (non-hydrogen) atoms. The van der Waals surface area contributed by atoms with Gasteiger partial charge in [0.05, 0.1) is 13.2 Å². The molecule has 230 valence electrons. The minimum absolute atomic E-state index is 0.250. The Morgan fingerprint density at radius 3 is 2.05 bits per heavy atom. The quantitative estimate of drug-likeness (QED) is 0.187. The number of rotatable bonds is 11. The van der Waals surface area contributed by atoms with Gasteiger partial charge in [-0.1, -0.05) is 55.8 Å². The van der Waals surface area contributed by atoms with Gasteiger partial charge in [0.2, 0.25) is 6.41 Å². The lowest BCUT2D eigenvalue weighted by molar-refractivity contribution is -0.106. The minimum Gasteiger partial charge on any atom is -0.494 e. The highest BCUT2D eigenvalue weighted by atomic mass is 16.5. The molecule has 2 unspecified atom stereocenters. The number of primary amides is 1. The van der Waals surface area contributed by atoms with Crippen molar-refractivity contribution in [2.75, 3.05) is 33.5 Å². The molecule has 0 aliphatic carbocycles. The third kappa shape index (κ3) is 10.8. The van der Waals surface area contributed by atoms with Crippen molar-refractivity contribution < 1.29 is 19.0 Å². The molecule has 0 spiro atoms. The highest BCUT2D eigenvalue weighted by Crippen LogP contribution is 2.35. The molecule has 1 aliphatic rings. The van der Waals surface area contributed by atoms with Crippen molar-refractivity contribution in [2.24, 2.45) is 5.73 Å². The van der Waals surface area contributed by atoms with Gasteiger partial charge in [0, 0.05) is 32.7 Å². The van der Waals surface area contributed by atoms with Crippen molar-refractivity contribution in [3.63, 3.8) is 0 Å². The molecule has 2 atom stereocenters. The van der Waals surface area contributed by atoms with E-state index in [0.717, 1.165) is 50.3 Å². The number of aryl methyl sites for hydroxylation is 4. The molecule has 6 heteroatoms. The van der Waals surface area contributed by atoms with Crippen LogP contribution >= 0.6 is 0 Å². The first-order chi connectivity index (χ1) is 20.3. The van der Waals surface area contributed by atoms with Crippen LogP contribution in [0.4, 0.5) is 0 Å². The summed E-state index contributed by atoms with van der Waals surface area (Å²) in [5.41, 5.74) is 14.0. The normalized spacial score (nSPS) is 15.6. The lowest BCUT2D eigenvalue weighted by Gasteiger charge is -2.14. The van der Waals surface area contributed by atoms with E-state index < -0.39 is 0 Å². The maximum atomic E-state index is 8.58. The lowest BCUT2D eigenvalue weighted by atomic mass is 9.93. The summed E-state index contributed by atoms with van der Waals surface area (Å²) in [7, 11) is 1.71. The fourth-order valence-electron chi connectivity index (χ4n) is 5.43. The highest BCUT2D eigenvalue weighted by Gasteiger charge is 2.26. The average Bonchev–Trinajstić information content (AvgIpc) is 3.49. The van der Waals surface area contributed by atoms with E-state index >= 15 is 0 Å². The number of amides is 1. The third-order valence-electron chi connectivity index (χ3n) is 7.67. The van der Waals surface area contributed by atoms with Crippen LogP contribution in [0.25, 0.3) is 0 Å². The summed E-state index contributed by atoms with van der Waals surface area (Å²) in [6, 6.07) is 20.1. The van der Waals surface area contributed by atoms with Gasteiger partial charge >= 0.3 is 0 Å². The Kier molecular flexibility index (Phi) is 15.7. The van der Waals surface area contributed by atoms with Gasteiger partial charge in [-0.25, -0.2) is 0 Å². The van der Waals surface area contributed by atoms with E-state index in [1.807, 2.05) is 6.92 Å². The van der Waals surface area contributed by atoms with Crippen molar-refractivity contribution in [2.45, 2.75) is 79.2 Å². The van der Waals surface area contributed by atoms with Crippen LogP contribution in [0.5, 0.6) is 11.5 Å². The Morgan fingerprint density at radius 2 is 1.50 bits per heavy atom. The Balaban J connectivity index is 0.000000342. The maximum absolute atomic E-state index is 8.58. The standard InChI is InChI=1S/C23H31NO3.C12H18.CH3NO/c1-4-26-23-11-8-19(14-17(23)2)20-15-22(24-16-20)18-6-9-21(10-7-18)27-13-5-12-25-3;1-5-11-7-9(3)8-12(6-2)10(11)4;2-1-3/h6-11,14,20,22,24H,4-5,12-13,15-16H2,1-3H3;7-8H,5-6H2,1-4H3;1H,(H2,2,3). The lowest BCUT2D eigenvalue weighted by Crippen LogP contribution is -2.13. The van der Waals surface area contributed by atoms with E-state index in [1.165, 1.54) is 38.9 Å². The molecule has 3 aromatic carbocycles. The van der Waals surface area contributed by atoms with Crippen molar-refractivity contribution in [1.29, 1.82) is 0 Å². The molecular weight excluding hydrogens is 524 g/mol. The number of carbonyl (C=O) groups excluding carboxylic acids is 1. The van der Waals surface area contributed by atoms with Gasteiger partial charge in [0.15, 0.2) is 0 Å². The molecule has 6 nitrogen and oxygen atoms in total. The van der Waals surface area contributed by atoms with Gasteiger partial charge < -0.3 is 25.3 Å². The number of benzene rings is 3. The summed E-state index contributed by atoms with van der Waals surface area (Å²) in [5, 5.41) is 3.67. The molecule has 1 heterocycles. The zero-order chi connectivity index (χ0) is 30.9. The van der Waals surface area contributed by atoms with Gasteiger partial charge in [-0.05, 0) is 104 Å². The van der Waals surface area contributed by atoms with Crippen molar-refractivity contribution in [3.8, 4) is 11.5 Å². The maximum Gasteiger partial charge on any atom is 0.204 e. The molecule has 3 N–H and O–H groups in total. The van der Waals surface area contributed by atoms with E-state index in [4.69, 9.17) is 19.0 Å². The molecule has 1 fully saturated rings. The summed E-state index contributed by atoms with van der Waals surface area (Å²) in [6.45, 7) is 16.1. The monoisotopic (exact) mass is 576 g/mol. The van der Waals surface area contributed by atoms with E-state index in [9.17, 15) is 0 Å². The van der Waals surface area contributed by atoms with E-state index in [1.54, 1.807) is 7.11 Å². The van der Waals surface area contributed by atoms with Crippen molar-refractivity contribution >= 4 is 6.41 Å². The zero-order valence-electron chi connectivity index (χ0n) is 26.8. The Labute approximate surface area is 254 Å². The molecule has 0 radical (unpaired) electrons. The summed E-state index contributed by atoms with van der Waals surface area (Å²) >= 11 is 0. The summed E-state index contributed by atoms with van der Waals surface area (Å²) < 4.78 is 16.5. The van der Waals surface area contributed by atoms with Crippen LogP contribution in [0.1, 0.15) is 84.5 Å². The number of ether oxygens (including phenoxy) is 3. The zero-order valence-corrected chi connectivity index (χ0v) is 26.8. The smallest absolute Gasteiger partial charge is 0.204 e. The van der Waals surface area contributed by atoms with Crippen molar-refractivity contribution in [1.82, 2.24) is 5.32 Å². The predicted molar refractivity (Wildman–Crippen MR) is 174 cm³/mol. The van der Waals surface area contributed by atoms with Crippen LogP contribution in [-0.4, -0.2) is 39.9 Å². The Morgan fingerprint density at radius 1 is 0.881 bits per heavy atom. The van der Waals surface area contributed by atoms with Gasteiger partial charge in [0.25, 0.3) is 0 Å². The second kappa shape index (κ2) is 19.0. The van der Waals surface area contributed by atoms with Crippen LogP contribution in [0.2, 0.25) is 0 Å². The van der Waals surface area contributed by atoms with E-state index in [-0.39, 0.29) is 6.41 Å². The largest absolute Gasteiger partial charge is 0.494 e. The van der Waals surface area contributed by atoms with Crippen molar-refractivity contribution in [3.05, 3.63) is 93.5 Å². The number of nitrogens with two attached hydrogens (primary N) is 1.